The summed E-state index contributed by atoms with van der Waals surface area (Å²) >= 11 is 0.507. The first kappa shape index (κ1) is 12.8. The quantitative estimate of drug-likeness (QED) is 0.620. The van der Waals surface area contributed by atoms with Crippen LogP contribution in [0.3, 0.4) is 0 Å². The summed E-state index contributed by atoms with van der Waals surface area (Å²) in [5.74, 6) is -1.47. The van der Waals surface area contributed by atoms with E-state index < -0.39 is 17.8 Å². The Morgan fingerprint density at radius 2 is 2.00 bits per heavy atom. The number of para-hydroxylation sites is 1. The molecule has 1 aromatic rings. The molecule has 18 heavy (non-hydrogen) atoms. The maximum atomic E-state index is 13.7. The molecule has 1 fully saturated rings. The molecule has 0 N–H and O–H groups in total. The second-order valence-corrected chi connectivity index (χ2v) is 4.15. The van der Waals surface area contributed by atoms with E-state index in [0.29, 0.717) is 11.2 Å². The van der Waals surface area contributed by atoms with Crippen LogP contribution in [0.1, 0.15) is 0 Å². The highest BCUT2D eigenvalue weighted by molar-refractivity contribution is 8.20. The summed E-state index contributed by atoms with van der Waals surface area (Å²) in [6.07, 6.45) is 0. The van der Waals surface area contributed by atoms with Gasteiger partial charge in [0, 0.05) is 7.05 Å². The molecule has 0 radical (unpaired) electrons. The molecular weight excluding hydrogens is 281 g/mol. The van der Waals surface area contributed by atoms with Crippen LogP contribution in [-0.2, 0) is 4.79 Å². The largest absolute Gasteiger partial charge is 0.337 e. The van der Waals surface area contributed by atoms with Gasteiger partial charge in [0.2, 0.25) is 5.84 Å². The van der Waals surface area contributed by atoms with E-state index in [-0.39, 0.29) is 11.5 Å². The summed E-state index contributed by atoms with van der Waals surface area (Å²) in [5.41, 5.74) is -0.0373. The number of urea groups is 1. The van der Waals surface area contributed by atoms with Gasteiger partial charge in [-0.1, -0.05) is 12.1 Å². The molecule has 1 heterocycles. The van der Waals surface area contributed by atoms with Gasteiger partial charge in [0.05, 0.1) is 16.8 Å². The Hall–Kier alpha value is -1.60. The van der Waals surface area contributed by atoms with Crippen molar-refractivity contribution in [3.05, 3.63) is 30.1 Å². The van der Waals surface area contributed by atoms with E-state index in [0.717, 1.165) is 9.80 Å². The van der Waals surface area contributed by atoms with Gasteiger partial charge in [0.25, 0.3) is 5.91 Å². The van der Waals surface area contributed by atoms with Crippen molar-refractivity contribution < 1.29 is 14.0 Å². The van der Waals surface area contributed by atoms with Crippen molar-refractivity contribution in [2.75, 3.05) is 11.9 Å². The Morgan fingerprint density at radius 3 is 2.61 bits per heavy atom. The van der Waals surface area contributed by atoms with Crippen molar-refractivity contribution in [1.82, 2.24) is 4.90 Å². The molecule has 0 spiro atoms. The first-order valence-electron chi connectivity index (χ1n) is 4.80. The van der Waals surface area contributed by atoms with Gasteiger partial charge in [-0.15, -0.1) is 0 Å². The minimum Gasteiger partial charge on any atom is -0.265 e. The van der Waals surface area contributed by atoms with Gasteiger partial charge >= 0.3 is 6.03 Å². The topological polar surface area (TPSA) is 53.0 Å². The SMILES string of the molecule is CN1C(=O)/C(=N/SCl)N(c2ccccc2F)C1=O. The van der Waals surface area contributed by atoms with Crippen LogP contribution in [0.15, 0.2) is 28.7 Å². The van der Waals surface area contributed by atoms with Crippen molar-refractivity contribution >= 4 is 45.3 Å². The lowest BCUT2D eigenvalue weighted by Gasteiger charge is -2.15. The number of halogens is 2. The number of amides is 3. The minimum absolute atomic E-state index is 0.0373. The minimum atomic E-state index is -0.672. The maximum Gasteiger partial charge on any atom is 0.337 e. The molecule has 1 aromatic carbocycles. The summed E-state index contributed by atoms with van der Waals surface area (Å²) < 4.78 is 17.3. The normalized spacial score (nSPS) is 18.1. The number of hydrogen-bond acceptors (Lipinski definition) is 4. The van der Waals surface area contributed by atoms with Crippen LogP contribution in [0, 0.1) is 5.82 Å². The van der Waals surface area contributed by atoms with Crippen LogP contribution in [0.4, 0.5) is 14.9 Å². The Morgan fingerprint density at radius 1 is 1.33 bits per heavy atom. The third kappa shape index (κ3) is 1.95. The number of benzene rings is 1. The van der Waals surface area contributed by atoms with Gasteiger partial charge in [-0.25, -0.2) is 14.1 Å². The van der Waals surface area contributed by atoms with E-state index in [1.807, 2.05) is 0 Å². The van der Waals surface area contributed by atoms with E-state index in [1.54, 1.807) is 6.07 Å². The van der Waals surface area contributed by atoms with E-state index in [1.165, 1.54) is 25.2 Å². The van der Waals surface area contributed by atoms with E-state index >= 15 is 0 Å². The van der Waals surface area contributed by atoms with Gasteiger partial charge in [-0.05, 0) is 22.8 Å². The number of likely N-dealkylation sites (N-methyl/N-ethyl adjacent to an activating group) is 1. The standard InChI is InChI=1S/C10H7ClFN3O2S/c1-14-9(16)8(13-18-11)15(10(14)17)7-5-3-2-4-6(7)12/h2-5H,1H3/b13-8-. The predicted molar refractivity (Wildman–Crippen MR) is 67.9 cm³/mol. The number of anilines is 1. The van der Waals surface area contributed by atoms with Crippen LogP contribution >= 0.6 is 21.8 Å². The summed E-state index contributed by atoms with van der Waals surface area (Å²) in [4.78, 5) is 25.4. The monoisotopic (exact) mass is 287 g/mol. The summed E-state index contributed by atoms with van der Waals surface area (Å²) in [6, 6.07) is 4.94. The average Bonchev–Trinajstić information content (AvgIpc) is 2.56. The second-order valence-electron chi connectivity index (χ2n) is 3.42. The average molecular weight is 288 g/mol. The highest BCUT2D eigenvalue weighted by atomic mass is 35.7. The van der Waals surface area contributed by atoms with Crippen molar-refractivity contribution in [3.8, 4) is 0 Å². The molecule has 0 atom stereocenters. The highest BCUT2D eigenvalue weighted by Crippen LogP contribution is 2.26. The van der Waals surface area contributed by atoms with Gasteiger partial charge in [-0.2, -0.15) is 4.40 Å². The molecule has 8 heteroatoms. The fourth-order valence-electron chi connectivity index (χ4n) is 1.54. The molecule has 2 rings (SSSR count). The molecule has 0 bridgehead atoms. The van der Waals surface area contributed by atoms with Crippen molar-refractivity contribution in [1.29, 1.82) is 0 Å². The first-order valence-corrected chi connectivity index (χ1v) is 6.40. The Bertz CT molecular complexity index is 552. The zero-order chi connectivity index (χ0) is 13.3. The second kappa shape index (κ2) is 4.95. The molecule has 1 aliphatic heterocycles. The van der Waals surface area contributed by atoms with Crippen LogP contribution in [0.25, 0.3) is 0 Å². The summed E-state index contributed by atoms with van der Waals surface area (Å²) in [5, 5.41) is 0. The Labute approximate surface area is 111 Å². The molecule has 1 saturated heterocycles. The van der Waals surface area contributed by atoms with Crippen LogP contribution < -0.4 is 4.90 Å². The first-order chi connectivity index (χ1) is 8.57. The summed E-state index contributed by atoms with van der Waals surface area (Å²) in [7, 11) is 6.65. The van der Waals surface area contributed by atoms with Gasteiger partial charge in [0.15, 0.2) is 0 Å². The maximum absolute atomic E-state index is 13.7. The van der Waals surface area contributed by atoms with Crippen LogP contribution in [-0.4, -0.2) is 29.7 Å². The molecular formula is C10H7ClFN3O2S. The number of nitrogens with zero attached hydrogens (tertiary/aromatic N) is 3. The lowest BCUT2D eigenvalue weighted by atomic mass is 10.3. The van der Waals surface area contributed by atoms with Gasteiger partial charge in [0.1, 0.15) is 5.82 Å². The van der Waals surface area contributed by atoms with Crippen molar-refractivity contribution in [2.45, 2.75) is 0 Å². The molecule has 5 nitrogen and oxygen atoms in total. The number of hydrogen-bond donors (Lipinski definition) is 0. The molecule has 0 aromatic heterocycles. The number of amidine groups is 1. The summed E-state index contributed by atoms with van der Waals surface area (Å²) in [6.45, 7) is 0. The van der Waals surface area contributed by atoms with Crippen LogP contribution in [0.2, 0.25) is 0 Å². The number of rotatable bonds is 2. The third-order valence-electron chi connectivity index (χ3n) is 2.40. The molecule has 94 valence electrons. The molecule has 3 amide bonds. The van der Waals surface area contributed by atoms with Crippen LogP contribution in [0.5, 0.6) is 0 Å². The smallest absolute Gasteiger partial charge is 0.265 e. The fourth-order valence-corrected chi connectivity index (χ4v) is 1.96. The lowest BCUT2D eigenvalue weighted by Crippen LogP contribution is -2.32. The fraction of sp³-hybridized carbons (Fsp3) is 0.100. The number of imide groups is 1. The molecule has 0 aliphatic carbocycles. The van der Waals surface area contributed by atoms with Crippen molar-refractivity contribution in [3.63, 3.8) is 0 Å². The number of carbonyl (C=O) groups excluding carboxylic acids is 2. The third-order valence-corrected chi connectivity index (χ3v) is 2.85. The number of carbonyl (C=O) groups is 2. The predicted octanol–water partition coefficient (Wildman–Crippen LogP) is 2.42. The van der Waals surface area contributed by atoms with Gasteiger partial charge in [-0.3, -0.25) is 9.69 Å². The van der Waals surface area contributed by atoms with Crippen molar-refractivity contribution in [2.24, 2.45) is 4.40 Å². The van der Waals surface area contributed by atoms with E-state index in [9.17, 15) is 14.0 Å². The highest BCUT2D eigenvalue weighted by Gasteiger charge is 2.42. The Kier molecular flexibility index (Phi) is 3.53. The zero-order valence-corrected chi connectivity index (χ0v) is 10.7. The molecule has 1 aliphatic rings. The van der Waals surface area contributed by atoms with E-state index in [2.05, 4.69) is 4.40 Å². The zero-order valence-electron chi connectivity index (χ0n) is 9.13. The van der Waals surface area contributed by atoms with Gasteiger partial charge < -0.3 is 0 Å². The van der Waals surface area contributed by atoms with E-state index in [4.69, 9.17) is 10.7 Å². The Balaban J connectivity index is 2.54. The molecule has 0 unspecified atom stereocenters. The molecule has 0 saturated carbocycles. The lowest BCUT2D eigenvalue weighted by molar-refractivity contribution is -0.119.